The minimum atomic E-state index is 0.0952. The molecule has 0 aliphatic rings. The van der Waals surface area contributed by atoms with E-state index < -0.39 is 0 Å². The predicted molar refractivity (Wildman–Crippen MR) is 81.1 cm³/mol. The van der Waals surface area contributed by atoms with E-state index in [-0.39, 0.29) is 6.04 Å². The summed E-state index contributed by atoms with van der Waals surface area (Å²) in [6, 6.07) is 14.4. The van der Waals surface area contributed by atoms with Gasteiger partial charge in [0.2, 0.25) is 0 Å². The quantitative estimate of drug-likeness (QED) is 0.659. The van der Waals surface area contributed by atoms with Gasteiger partial charge in [-0.2, -0.15) is 0 Å². The summed E-state index contributed by atoms with van der Waals surface area (Å²) in [5.74, 6) is 5.70. The van der Waals surface area contributed by atoms with Crippen molar-refractivity contribution in [2.45, 2.75) is 26.3 Å². The maximum atomic E-state index is 5.91. The molecule has 3 N–H and O–H groups in total. The van der Waals surface area contributed by atoms with E-state index in [1.165, 1.54) is 16.7 Å². The minimum absolute atomic E-state index is 0.0952. The molecule has 3 heteroatoms. The van der Waals surface area contributed by atoms with E-state index in [0.717, 1.165) is 17.0 Å². The Hall–Kier alpha value is -1.35. The van der Waals surface area contributed by atoms with Crippen LogP contribution in [0.3, 0.4) is 0 Å². The monoisotopic (exact) mass is 274 g/mol. The molecule has 0 bridgehead atoms. The second-order valence-electron chi connectivity index (χ2n) is 4.90. The normalized spacial score (nSPS) is 12.4. The highest BCUT2D eigenvalue weighted by molar-refractivity contribution is 6.30. The number of aryl methyl sites for hydroxylation is 2. The van der Waals surface area contributed by atoms with Crippen LogP contribution in [0.25, 0.3) is 0 Å². The second kappa shape index (κ2) is 6.20. The van der Waals surface area contributed by atoms with E-state index in [9.17, 15) is 0 Å². The number of halogens is 1. The minimum Gasteiger partial charge on any atom is -0.271 e. The summed E-state index contributed by atoms with van der Waals surface area (Å²) in [6.07, 6.45) is 0.867. The van der Waals surface area contributed by atoms with Gasteiger partial charge < -0.3 is 0 Å². The fourth-order valence-electron chi connectivity index (χ4n) is 2.21. The molecule has 0 aromatic heterocycles. The molecule has 100 valence electrons. The molecule has 0 heterocycles. The van der Waals surface area contributed by atoms with Crippen LogP contribution >= 0.6 is 11.6 Å². The average molecular weight is 275 g/mol. The van der Waals surface area contributed by atoms with E-state index in [1.54, 1.807) is 0 Å². The number of benzene rings is 2. The van der Waals surface area contributed by atoms with Crippen LogP contribution in [-0.2, 0) is 6.42 Å². The zero-order valence-electron chi connectivity index (χ0n) is 11.3. The number of hydrogen-bond donors (Lipinski definition) is 2. The van der Waals surface area contributed by atoms with Crippen molar-refractivity contribution in [3.63, 3.8) is 0 Å². The summed E-state index contributed by atoms with van der Waals surface area (Å²) in [5, 5.41) is 0.742. The number of rotatable bonds is 4. The van der Waals surface area contributed by atoms with Crippen LogP contribution in [0.4, 0.5) is 0 Å². The van der Waals surface area contributed by atoms with E-state index in [1.807, 2.05) is 24.3 Å². The highest BCUT2D eigenvalue weighted by atomic mass is 35.5. The first kappa shape index (κ1) is 14.1. The molecule has 0 aliphatic carbocycles. The van der Waals surface area contributed by atoms with E-state index in [0.29, 0.717) is 0 Å². The van der Waals surface area contributed by atoms with E-state index >= 15 is 0 Å². The molecular formula is C16H19ClN2. The number of nitrogens with one attached hydrogen (secondary N) is 1. The second-order valence-corrected chi connectivity index (χ2v) is 5.34. The zero-order chi connectivity index (χ0) is 13.8. The van der Waals surface area contributed by atoms with Gasteiger partial charge in [-0.3, -0.25) is 11.3 Å². The Morgan fingerprint density at radius 3 is 2.42 bits per heavy atom. The molecule has 0 fully saturated rings. The van der Waals surface area contributed by atoms with Gasteiger partial charge >= 0.3 is 0 Å². The smallest absolute Gasteiger partial charge is 0.0500 e. The summed E-state index contributed by atoms with van der Waals surface area (Å²) in [7, 11) is 0. The van der Waals surface area contributed by atoms with Gasteiger partial charge in [-0.15, -0.1) is 0 Å². The highest BCUT2D eigenvalue weighted by Crippen LogP contribution is 2.22. The van der Waals surface area contributed by atoms with Gasteiger partial charge in [0.05, 0.1) is 0 Å². The Kier molecular flexibility index (Phi) is 4.59. The zero-order valence-corrected chi connectivity index (χ0v) is 12.0. The molecule has 2 rings (SSSR count). The van der Waals surface area contributed by atoms with Crippen LogP contribution in [0, 0.1) is 13.8 Å². The van der Waals surface area contributed by atoms with Crippen molar-refractivity contribution < 1.29 is 0 Å². The lowest BCUT2D eigenvalue weighted by Gasteiger charge is -2.18. The fraction of sp³-hybridized carbons (Fsp3) is 0.250. The lowest BCUT2D eigenvalue weighted by molar-refractivity contribution is 0.551. The molecule has 19 heavy (non-hydrogen) atoms. The Bertz CT molecular complexity index is 549. The fourth-order valence-corrected chi connectivity index (χ4v) is 2.33. The van der Waals surface area contributed by atoms with Gasteiger partial charge in [0, 0.05) is 11.1 Å². The van der Waals surface area contributed by atoms with Crippen LogP contribution in [0.2, 0.25) is 5.02 Å². The molecule has 0 spiro atoms. The molecule has 2 nitrogen and oxygen atoms in total. The molecule has 1 unspecified atom stereocenters. The average Bonchev–Trinajstić information content (AvgIpc) is 2.41. The summed E-state index contributed by atoms with van der Waals surface area (Å²) < 4.78 is 0. The van der Waals surface area contributed by atoms with Crippen molar-refractivity contribution in [1.29, 1.82) is 0 Å². The maximum Gasteiger partial charge on any atom is 0.0500 e. The van der Waals surface area contributed by atoms with Gasteiger partial charge in [0.25, 0.3) is 0 Å². The van der Waals surface area contributed by atoms with Crippen molar-refractivity contribution in [3.8, 4) is 0 Å². The molecule has 2 aromatic rings. The first-order valence-corrected chi connectivity index (χ1v) is 6.75. The highest BCUT2D eigenvalue weighted by Gasteiger charge is 2.12. The van der Waals surface area contributed by atoms with Gasteiger partial charge in [0.15, 0.2) is 0 Å². The Morgan fingerprint density at radius 1 is 1.11 bits per heavy atom. The molecule has 0 saturated heterocycles. The lowest BCUT2D eigenvalue weighted by Crippen LogP contribution is -2.29. The van der Waals surface area contributed by atoms with Crippen molar-refractivity contribution in [3.05, 3.63) is 69.7 Å². The third-order valence-electron chi connectivity index (χ3n) is 3.40. The van der Waals surface area contributed by atoms with Crippen LogP contribution in [0.5, 0.6) is 0 Å². The number of hydrazine groups is 1. The molecule has 0 saturated carbocycles. The Labute approximate surface area is 119 Å². The van der Waals surface area contributed by atoms with Crippen molar-refractivity contribution >= 4 is 11.6 Å². The Morgan fingerprint density at radius 2 is 1.79 bits per heavy atom. The van der Waals surface area contributed by atoms with E-state index in [4.69, 9.17) is 17.4 Å². The standard InChI is InChI=1S/C16H19ClN2/c1-11-3-4-12(2)14(9-11)10-16(19-18)13-5-7-15(17)8-6-13/h3-9,16,19H,10,18H2,1-2H3. The first-order valence-electron chi connectivity index (χ1n) is 6.38. The predicted octanol–water partition coefficient (Wildman–Crippen LogP) is 3.70. The SMILES string of the molecule is Cc1ccc(C)c(CC(NN)c2ccc(Cl)cc2)c1. The van der Waals surface area contributed by atoms with Gasteiger partial charge in [-0.05, 0) is 49.1 Å². The van der Waals surface area contributed by atoms with Crippen molar-refractivity contribution in [2.75, 3.05) is 0 Å². The number of nitrogens with two attached hydrogens (primary N) is 1. The largest absolute Gasteiger partial charge is 0.271 e. The Balaban J connectivity index is 2.23. The first-order chi connectivity index (χ1) is 9.10. The third kappa shape index (κ3) is 3.57. The lowest BCUT2D eigenvalue weighted by atomic mass is 9.95. The summed E-state index contributed by atoms with van der Waals surface area (Å²) in [5.41, 5.74) is 7.92. The van der Waals surface area contributed by atoms with Crippen LogP contribution in [0.15, 0.2) is 42.5 Å². The van der Waals surface area contributed by atoms with Crippen LogP contribution < -0.4 is 11.3 Å². The third-order valence-corrected chi connectivity index (χ3v) is 3.65. The van der Waals surface area contributed by atoms with Gasteiger partial charge in [-0.25, -0.2) is 0 Å². The molecule has 2 aromatic carbocycles. The summed E-state index contributed by atoms with van der Waals surface area (Å²) in [6.45, 7) is 4.24. The number of hydrogen-bond acceptors (Lipinski definition) is 2. The van der Waals surface area contributed by atoms with Crippen molar-refractivity contribution in [1.82, 2.24) is 5.43 Å². The summed E-state index contributed by atoms with van der Waals surface area (Å²) in [4.78, 5) is 0. The molecule has 1 atom stereocenters. The van der Waals surface area contributed by atoms with Gasteiger partial charge in [-0.1, -0.05) is 47.5 Å². The molecule has 0 radical (unpaired) electrons. The maximum absolute atomic E-state index is 5.91. The molecular weight excluding hydrogens is 256 g/mol. The summed E-state index contributed by atoms with van der Waals surface area (Å²) >= 11 is 5.91. The van der Waals surface area contributed by atoms with Crippen LogP contribution in [0.1, 0.15) is 28.3 Å². The molecule has 0 aliphatic heterocycles. The van der Waals surface area contributed by atoms with Crippen molar-refractivity contribution in [2.24, 2.45) is 5.84 Å². The van der Waals surface area contributed by atoms with Gasteiger partial charge in [0.1, 0.15) is 0 Å². The van der Waals surface area contributed by atoms with Crippen LogP contribution in [-0.4, -0.2) is 0 Å². The topological polar surface area (TPSA) is 38.0 Å². The molecule has 0 amide bonds. The van der Waals surface area contributed by atoms with E-state index in [2.05, 4.69) is 37.5 Å².